The number of nitrogens with zero attached hydrogens (tertiary/aromatic N) is 1. The average molecular weight is 275 g/mol. The SMILES string of the molecule is Cc1cccc2sc(C3(O)CCN(C)CC3C)cc12. The van der Waals surface area contributed by atoms with Gasteiger partial charge in [-0.05, 0) is 43.5 Å². The van der Waals surface area contributed by atoms with Crippen molar-refractivity contribution in [3.05, 3.63) is 34.7 Å². The summed E-state index contributed by atoms with van der Waals surface area (Å²) in [6.07, 6.45) is 0.830. The molecule has 0 spiro atoms. The lowest BCUT2D eigenvalue weighted by atomic mass is 9.81. The molecule has 1 aliphatic heterocycles. The molecule has 0 bridgehead atoms. The lowest BCUT2D eigenvalue weighted by Crippen LogP contribution is -2.47. The van der Waals surface area contributed by atoms with Crippen molar-refractivity contribution in [2.45, 2.75) is 25.9 Å². The summed E-state index contributed by atoms with van der Waals surface area (Å²) in [4.78, 5) is 3.44. The second-order valence-electron chi connectivity index (χ2n) is 5.93. The Hall–Kier alpha value is -0.900. The fourth-order valence-corrected chi connectivity index (χ4v) is 4.47. The van der Waals surface area contributed by atoms with Crippen LogP contribution in [0.5, 0.6) is 0 Å². The first-order chi connectivity index (χ1) is 9.00. The van der Waals surface area contributed by atoms with E-state index in [1.54, 1.807) is 11.3 Å². The van der Waals surface area contributed by atoms with Crippen LogP contribution in [-0.2, 0) is 5.60 Å². The number of likely N-dealkylation sites (tertiary alicyclic amines) is 1. The molecule has 3 heteroatoms. The van der Waals surface area contributed by atoms with E-state index in [4.69, 9.17) is 0 Å². The van der Waals surface area contributed by atoms with Crippen LogP contribution >= 0.6 is 11.3 Å². The van der Waals surface area contributed by atoms with Gasteiger partial charge in [-0.15, -0.1) is 11.3 Å². The van der Waals surface area contributed by atoms with Crippen molar-refractivity contribution in [3.63, 3.8) is 0 Å². The Morgan fingerprint density at radius 3 is 2.89 bits per heavy atom. The van der Waals surface area contributed by atoms with Gasteiger partial charge in [0.25, 0.3) is 0 Å². The summed E-state index contributed by atoms with van der Waals surface area (Å²) in [7, 11) is 2.13. The average Bonchev–Trinajstić information content (AvgIpc) is 2.80. The monoisotopic (exact) mass is 275 g/mol. The minimum absolute atomic E-state index is 0.277. The molecule has 1 N–H and O–H groups in total. The van der Waals surface area contributed by atoms with Crippen LogP contribution in [-0.4, -0.2) is 30.1 Å². The van der Waals surface area contributed by atoms with Crippen molar-refractivity contribution in [2.75, 3.05) is 20.1 Å². The van der Waals surface area contributed by atoms with Crippen LogP contribution in [0.1, 0.15) is 23.8 Å². The molecule has 2 atom stereocenters. The van der Waals surface area contributed by atoms with E-state index in [2.05, 4.69) is 50.1 Å². The zero-order valence-electron chi connectivity index (χ0n) is 11.8. The van der Waals surface area contributed by atoms with Crippen molar-refractivity contribution in [3.8, 4) is 0 Å². The van der Waals surface area contributed by atoms with E-state index in [0.29, 0.717) is 0 Å². The van der Waals surface area contributed by atoms with Crippen LogP contribution in [0.25, 0.3) is 10.1 Å². The third-order valence-corrected chi connectivity index (χ3v) is 5.75. The number of hydrogen-bond donors (Lipinski definition) is 1. The first-order valence-corrected chi connectivity index (χ1v) is 7.73. The highest BCUT2D eigenvalue weighted by atomic mass is 32.1. The highest BCUT2D eigenvalue weighted by molar-refractivity contribution is 7.19. The number of benzene rings is 1. The minimum atomic E-state index is -0.650. The Balaban J connectivity index is 2.06. The van der Waals surface area contributed by atoms with E-state index in [0.717, 1.165) is 24.4 Å². The maximum absolute atomic E-state index is 11.1. The Morgan fingerprint density at radius 2 is 2.21 bits per heavy atom. The van der Waals surface area contributed by atoms with Crippen LogP contribution in [0.15, 0.2) is 24.3 Å². The van der Waals surface area contributed by atoms with Gasteiger partial charge in [0.2, 0.25) is 0 Å². The number of fused-ring (bicyclic) bond motifs is 1. The molecule has 2 nitrogen and oxygen atoms in total. The first-order valence-electron chi connectivity index (χ1n) is 6.91. The molecule has 1 aromatic carbocycles. The molecule has 19 heavy (non-hydrogen) atoms. The summed E-state index contributed by atoms with van der Waals surface area (Å²) in [5.74, 6) is 0.277. The van der Waals surface area contributed by atoms with Gasteiger partial charge in [-0.2, -0.15) is 0 Å². The molecule has 1 saturated heterocycles. The Kier molecular flexibility index (Phi) is 3.16. The number of thiophene rings is 1. The summed E-state index contributed by atoms with van der Waals surface area (Å²) in [5, 5.41) is 12.4. The molecule has 1 fully saturated rings. The fraction of sp³-hybridized carbons (Fsp3) is 0.500. The van der Waals surface area contributed by atoms with Gasteiger partial charge < -0.3 is 10.0 Å². The van der Waals surface area contributed by atoms with E-state index in [1.165, 1.54) is 15.6 Å². The number of hydrogen-bond acceptors (Lipinski definition) is 3. The topological polar surface area (TPSA) is 23.5 Å². The number of piperidine rings is 1. The standard InChI is InChI=1S/C16H21NOS/c1-11-5-4-6-14-13(11)9-15(19-14)16(18)7-8-17(3)10-12(16)2/h4-6,9,12,18H,7-8,10H2,1-3H3. The van der Waals surface area contributed by atoms with E-state index < -0.39 is 5.60 Å². The Morgan fingerprint density at radius 1 is 1.42 bits per heavy atom. The maximum atomic E-state index is 11.1. The van der Waals surface area contributed by atoms with Crippen LogP contribution in [0, 0.1) is 12.8 Å². The highest BCUT2D eigenvalue weighted by Gasteiger charge is 2.40. The maximum Gasteiger partial charge on any atom is 0.104 e. The first kappa shape index (κ1) is 13.1. The molecular formula is C16H21NOS. The zero-order chi connectivity index (χ0) is 13.6. The summed E-state index contributed by atoms with van der Waals surface area (Å²) in [6.45, 7) is 6.23. The zero-order valence-corrected chi connectivity index (χ0v) is 12.6. The molecule has 0 saturated carbocycles. The molecule has 3 rings (SSSR count). The number of rotatable bonds is 1. The van der Waals surface area contributed by atoms with Crippen LogP contribution in [0.3, 0.4) is 0 Å². The highest BCUT2D eigenvalue weighted by Crippen LogP contribution is 2.42. The predicted molar refractivity (Wildman–Crippen MR) is 81.7 cm³/mol. The van der Waals surface area contributed by atoms with Gasteiger partial charge in [0, 0.05) is 28.6 Å². The summed E-state index contributed by atoms with van der Waals surface area (Å²) >= 11 is 1.75. The molecule has 2 unspecified atom stereocenters. The molecule has 0 aliphatic carbocycles. The molecule has 1 aliphatic rings. The van der Waals surface area contributed by atoms with Crippen molar-refractivity contribution >= 4 is 21.4 Å². The van der Waals surface area contributed by atoms with Gasteiger partial charge in [-0.1, -0.05) is 19.1 Å². The number of aliphatic hydroxyl groups is 1. The molecule has 1 aromatic heterocycles. The van der Waals surface area contributed by atoms with E-state index in [-0.39, 0.29) is 5.92 Å². The third-order valence-electron chi connectivity index (χ3n) is 4.48. The molecule has 102 valence electrons. The van der Waals surface area contributed by atoms with Crippen molar-refractivity contribution < 1.29 is 5.11 Å². The Labute approximate surface area is 118 Å². The second-order valence-corrected chi connectivity index (χ2v) is 7.02. The lowest BCUT2D eigenvalue weighted by molar-refractivity contribution is -0.0630. The van der Waals surface area contributed by atoms with Crippen LogP contribution < -0.4 is 0 Å². The van der Waals surface area contributed by atoms with Crippen LogP contribution in [0.4, 0.5) is 0 Å². The van der Waals surface area contributed by atoms with Gasteiger partial charge in [-0.3, -0.25) is 0 Å². The van der Waals surface area contributed by atoms with Crippen molar-refractivity contribution in [1.82, 2.24) is 4.90 Å². The molecule has 2 aromatic rings. The quantitative estimate of drug-likeness (QED) is 0.862. The van der Waals surface area contributed by atoms with Gasteiger partial charge in [0.15, 0.2) is 0 Å². The summed E-state index contributed by atoms with van der Waals surface area (Å²) in [6, 6.07) is 8.59. The molecule has 2 heterocycles. The third kappa shape index (κ3) is 2.10. The van der Waals surface area contributed by atoms with E-state index in [1.807, 2.05) is 0 Å². The molecular weight excluding hydrogens is 254 g/mol. The summed E-state index contributed by atoms with van der Waals surface area (Å²) in [5.41, 5.74) is 0.645. The van der Waals surface area contributed by atoms with Crippen molar-refractivity contribution in [1.29, 1.82) is 0 Å². The van der Waals surface area contributed by atoms with Gasteiger partial charge >= 0.3 is 0 Å². The van der Waals surface area contributed by atoms with Gasteiger partial charge in [-0.25, -0.2) is 0 Å². The van der Waals surface area contributed by atoms with E-state index in [9.17, 15) is 5.11 Å². The lowest BCUT2D eigenvalue weighted by Gasteiger charge is -2.41. The summed E-state index contributed by atoms with van der Waals surface area (Å²) < 4.78 is 1.29. The van der Waals surface area contributed by atoms with Gasteiger partial charge in [0.1, 0.15) is 5.60 Å². The fourth-order valence-electron chi connectivity index (χ4n) is 3.10. The minimum Gasteiger partial charge on any atom is -0.384 e. The Bertz CT molecular complexity index is 606. The van der Waals surface area contributed by atoms with Gasteiger partial charge in [0.05, 0.1) is 0 Å². The largest absolute Gasteiger partial charge is 0.384 e. The van der Waals surface area contributed by atoms with Crippen LogP contribution in [0.2, 0.25) is 0 Å². The smallest absolute Gasteiger partial charge is 0.104 e. The molecule has 0 radical (unpaired) electrons. The second kappa shape index (κ2) is 4.58. The molecule has 0 amide bonds. The number of aryl methyl sites for hydroxylation is 1. The normalized spacial score (nSPS) is 28.9. The van der Waals surface area contributed by atoms with E-state index >= 15 is 0 Å². The predicted octanol–water partition coefficient (Wildman–Crippen LogP) is 3.37. The van der Waals surface area contributed by atoms with Crippen molar-refractivity contribution in [2.24, 2.45) is 5.92 Å².